The number of aromatic nitrogens is 1. The van der Waals surface area contributed by atoms with E-state index in [1.54, 1.807) is 13.8 Å². The van der Waals surface area contributed by atoms with Gasteiger partial charge in [-0.3, -0.25) is 0 Å². The Kier molecular flexibility index (Phi) is 4.64. The standard InChI is InChI=1S/C11H16N4O2S/c1-3-15(8-9(2)7-12)18(16,17)10-5-4-6-14-11(10)13/h4-6,9H,3,8H2,1-2H3,(H2,13,14). The molecule has 0 radical (unpaired) electrons. The molecule has 18 heavy (non-hydrogen) atoms. The van der Waals surface area contributed by atoms with Crippen molar-refractivity contribution in [3.05, 3.63) is 18.3 Å². The lowest BCUT2D eigenvalue weighted by molar-refractivity contribution is 0.400. The van der Waals surface area contributed by atoms with Crippen LogP contribution in [0.25, 0.3) is 0 Å². The van der Waals surface area contributed by atoms with Gasteiger partial charge in [-0.05, 0) is 19.1 Å². The summed E-state index contributed by atoms with van der Waals surface area (Å²) in [7, 11) is -3.69. The molecule has 0 fully saturated rings. The zero-order valence-electron chi connectivity index (χ0n) is 10.4. The minimum Gasteiger partial charge on any atom is -0.383 e. The van der Waals surface area contributed by atoms with Crippen LogP contribution >= 0.6 is 0 Å². The fourth-order valence-corrected chi connectivity index (χ4v) is 3.11. The number of sulfonamides is 1. The van der Waals surface area contributed by atoms with Crippen molar-refractivity contribution in [3.63, 3.8) is 0 Å². The molecule has 1 unspecified atom stereocenters. The highest BCUT2D eigenvalue weighted by Gasteiger charge is 2.26. The summed E-state index contributed by atoms with van der Waals surface area (Å²) in [5.74, 6) is -0.404. The molecule has 0 bridgehead atoms. The highest BCUT2D eigenvalue weighted by molar-refractivity contribution is 7.89. The van der Waals surface area contributed by atoms with Gasteiger partial charge in [-0.15, -0.1) is 0 Å². The van der Waals surface area contributed by atoms with Crippen molar-refractivity contribution in [2.24, 2.45) is 5.92 Å². The average Bonchev–Trinajstić information content (AvgIpc) is 2.35. The van der Waals surface area contributed by atoms with Crippen LogP contribution in [0.4, 0.5) is 5.82 Å². The van der Waals surface area contributed by atoms with Gasteiger partial charge in [0.25, 0.3) is 0 Å². The summed E-state index contributed by atoms with van der Waals surface area (Å²) in [6.45, 7) is 3.81. The first kappa shape index (κ1) is 14.4. The molecule has 0 saturated heterocycles. The van der Waals surface area contributed by atoms with Crippen LogP contribution in [0.3, 0.4) is 0 Å². The van der Waals surface area contributed by atoms with Gasteiger partial charge in [0, 0.05) is 19.3 Å². The van der Waals surface area contributed by atoms with Gasteiger partial charge in [0.1, 0.15) is 10.7 Å². The lowest BCUT2D eigenvalue weighted by Crippen LogP contribution is -2.34. The quantitative estimate of drug-likeness (QED) is 0.852. The lowest BCUT2D eigenvalue weighted by Gasteiger charge is -2.21. The summed E-state index contributed by atoms with van der Waals surface area (Å²) >= 11 is 0. The fourth-order valence-electron chi connectivity index (χ4n) is 1.50. The zero-order valence-corrected chi connectivity index (χ0v) is 11.2. The molecule has 0 aliphatic heterocycles. The molecule has 1 atom stereocenters. The van der Waals surface area contributed by atoms with E-state index in [0.29, 0.717) is 0 Å². The van der Waals surface area contributed by atoms with E-state index in [4.69, 9.17) is 11.0 Å². The topological polar surface area (TPSA) is 100 Å². The Labute approximate surface area is 107 Å². The molecule has 0 saturated carbocycles. The predicted molar refractivity (Wildman–Crippen MR) is 67.9 cm³/mol. The first-order chi connectivity index (χ1) is 8.43. The van der Waals surface area contributed by atoms with Crippen LogP contribution in [0.5, 0.6) is 0 Å². The maximum absolute atomic E-state index is 12.3. The van der Waals surface area contributed by atoms with Crippen molar-refractivity contribution >= 4 is 15.8 Å². The summed E-state index contributed by atoms with van der Waals surface area (Å²) in [6, 6.07) is 4.95. The maximum Gasteiger partial charge on any atom is 0.246 e. The zero-order chi connectivity index (χ0) is 13.8. The lowest BCUT2D eigenvalue weighted by atomic mass is 10.2. The molecule has 0 aliphatic carbocycles. The number of nitriles is 1. The third kappa shape index (κ3) is 2.97. The first-order valence-corrected chi connectivity index (χ1v) is 6.97. The molecular weight excluding hydrogens is 252 g/mol. The molecule has 2 N–H and O–H groups in total. The summed E-state index contributed by atoms with van der Waals surface area (Å²) in [6.07, 6.45) is 1.43. The molecule has 6 nitrogen and oxygen atoms in total. The summed E-state index contributed by atoms with van der Waals surface area (Å²) in [4.78, 5) is 3.75. The Balaban J connectivity index is 3.13. The Morgan fingerprint density at radius 3 is 2.78 bits per heavy atom. The molecule has 7 heteroatoms. The van der Waals surface area contributed by atoms with E-state index in [0.717, 1.165) is 0 Å². The van der Waals surface area contributed by atoms with Gasteiger partial charge in [-0.2, -0.15) is 9.57 Å². The van der Waals surface area contributed by atoms with Crippen LogP contribution in [0.1, 0.15) is 13.8 Å². The molecule has 1 aromatic heterocycles. The van der Waals surface area contributed by atoms with Crippen molar-refractivity contribution in [2.75, 3.05) is 18.8 Å². The normalized spacial score (nSPS) is 13.2. The Morgan fingerprint density at radius 1 is 1.61 bits per heavy atom. The minimum atomic E-state index is -3.69. The van der Waals surface area contributed by atoms with Crippen molar-refractivity contribution in [1.29, 1.82) is 5.26 Å². The third-order valence-corrected chi connectivity index (χ3v) is 4.46. The van der Waals surface area contributed by atoms with E-state index in [-0.39, 0.29) is 29.7 Å². The van der Waals surface area contributed by atoms with E-state index in [1.165, 1.54) is 22.6 Å². The van der Waals surface area contributed by atoms with Crippen molar-refractivity contribution in [2.45, 2.75) is 18.7 Å². The minimum absolute atomic E-state index is 0.0167. The number of hydrogen-bond donors (Lipinski definition) is 1. The van der Waals surface area contributed by atoms with E-state index in [2.05, 4.69) is 4.98 Å². The fraction of sp³-hybridized carbons (Fsp3) is 0.455. The highest BCUT2D eigenvalue weighted by atomic mass is 32.2. The molecule has 1 aromatic rings. The third-order valence-electron chi connectivity index (χ3n) is 2.47. The Hall–Kier alpha value is -1.65. The van der Waals surface area contributed by atoms with Crippen LogP contribution in [-0.4, -0.2) is 30.8 Å². The highest BCUT2D eigenvalue weighted by Crippen LogP contribution is 2.20. The van der Waals surface area contributed by atoms with Crippen LogP contribution in [-0.2, 0) is 10.0 Å². The van der Waals surface area contributed by atoms with E-state index >= 15 is 0 Å². The number of pyridine rings is 1. The molecule has 0 spiro atoms. The SMILES string of the molecule is CCN(CC(C)C#N)S(=O)(=O)c1cccnc1N. The molecule has 0 aromatic carbocycles. The second-order valence-corrected chi connectivity index (χ2v) is 5.78. The van der Waals surface area contributed by atoms with Crippen LogP contribution in [0, 0.1) is 17.2 Å². The maximum atomic E-state index is 12.3. The monoisotopic (exact) mass is 268 g/mol. The number of hydrogen-bond acceptors (Lipinski definition) is 5. The number of anilines is 1. The number of nitrogens with zero attached hydrogens (tertiary/aromatic N) is 3. The van der Waals surface area contributed by atoms with Crippen molar-refractivity contribution < 1.29 is 8.42 Å². The summed E-state index contributed by atoms with van der Waals surface area (Å²) < 4.78 is 25.9. The second kappa shape index (κ2) is 5.80. The van der Waals surface area contributed by atoms with Crippen molar-refractivity contribution in [3.8, 4) is 6.07 Å². The van der Waals surface area contributed by atoms with E-state index in [1.807, 2.05) is 6.07 Å². The summed E-state index contributed by atoms with van der Waals surface area (Å²) in [5.41, 5.74) is 5.58. The van der Waals surface area contributed by atoms with E-state index in [9.17, 15) is 8.42 Å². The van der Waals surface area contributed by atoms with Crippen molar-refractivity contribution in [1.82, 2.24) is 9.29 Å². The van der Waals surface area contributed by atoms with E-state index < -0.39 is 10.0 Å². The number of nitrogen functional groups attached to an aromatic ring is 1. The van der Waals surface area contributed by atoms with Gasteiger partial charge in [-0.25, -0.2) is 13.4 Å². The van der Waals surface area contributed by atoms with Gasteiger partial charge in [0.2, 0.25) is 10.0 Å². The summed E-state index contributed by atoms with van der Waals surface area (Å²) in [5, 5.41) is 8.76. The molecule has 98 valence electrons. The molecule has 1 heterocycles. The Bertz CT molecular complexity index is 550. The van der Waals surface area contributed by atoms with Crippen LogP contribution < -0.4 is 5.73 Å². The molecule has 1 rings (SSSR count). The number of rotatable bonds is 5. The van der Waals surface area contributed by atoms with Crippen LogP contribution in [0.2, 0.25) is 0 Å². The number of nitrogens with two attached hydrogens (primary N) is 1. The predicted octanol–water partition coefficient (Wildman–Crippen LogP) is 0.834. The van der Waals surface area contributed by atoms with Gasteiger partial charge in [-0.1, -0.05) is 6.92 Å². The molecule has 0 aliphatic rings. The Morgan fingerprint density at radius 2 is 2.28 bits per heavy atom. The first-order valence-electron chi connectivity index (χ1n) is 5.53. The van der Waals surface area contributed by atoms with Crippen LogP contribution in [0.15, 0.2) is 23.2 Å². The molecular formula is C11H16N4O2S. The average molecular weight is 268 g/mol. The van der Waals surface area contributed by atoms with Gasteiger partial charge >= 0.3 is 0 Å². The molecule has 0 amide bonds. The van der Waals surface area contributed by atoms with Gasteiger partial charge < -0.3 is 5.73 Å². The largest absolute Gasteiger partial charge is 0.383 e. The van der Waals surface area contributed by atoms with Gasteiger partial charge in [0.15, 0.2) is 0 Å². The second-order valence-electron chi connectivity index (χ2n) is 3.87. The van der Waals surface area contributed by atoms with Gasteiger partial charge in [0.05, 0.1) is 12.0 Å². The smallest absolute Gasteiger partial charge is 0.246 e.